The highest BCUT2D eigenvalue weighted by Crippen LogP contribution is 2.27. The normalized spacial score (nSPS) is 13.0. The SMILES string of the molecule is COc1ccccc1NCC(C)(NCc1ccccc1)c1ccccc1. The summed E-state index contributed by atoms with van der Waals surface area (Å²) in [6.45, 7) is 3.78. The molecule has 3 heteroatoms. The minimum Gasteiger partial charge on any atom is -0.495 e. The van der Waals surface area contributed by atoms with Crippen LogP contribution in [-0.2, 0) is 12.1 Å². The van der Waals surface area contributed by atoms with Gasteiger partial charge in [0.15, 0.2) is 0 Å². The molecular formula is C23H26N2O. The first kappa shape index (κ1) is 18.0. The quantitative estimate of drug-likeness (QED) is 0.614. The second kappa shape index (κ2) is 8.54. The minimum atomic E-state index is -0.224. The van der Waals surface area contributed by atoms with E-state index in [4.69, 9.17) is 4.74 Å². The van der Waals surface area contributed by atoms with Crippen LogP contribution in [0.15, 0.2) is 84.9 Å². The topological polar surface area (TPSA) is 33.3 Å². The van der Waals surface area contributed by atoms with Crippen molar-refractivity contribution in [3.8, 4) is 5.75 Å². The summed E-state index contributed by atoms with van der Waals surface area (Å²) in [6.07, 6.45) is 0. The highest BCUT2D eigenvalue weighted by Gasteiger charge is 2.26. The number of para-hydroxylation sites is 2. The van der Waals surface area contributed by atoms with Crippen molar-refractivity contribution in [1.29, 1.82) is 0 Å². The highest BCUT2D eigenvalue weighted by molar-refractivity contribution is 5.56. The van der Waals surface area contributed by atoms with Crippen LogP contribution >= 0.6 is 0 Å². The van der Waals surface area contributed by atoms with E-state index in [1.165, 1.54) is 11.1 Å². The molecule has 0 aliphatic rings. The van der Waals surface area contributed by atoms with Gasteiger partial charge in [0.25, 0.3) is 0 Å². The zero-order chi connectivity index (χ0) is 18.2. The third-order valence-corrected chi connectivity index (χ3v) is 4.68. The Labute approximate surface area is 156 Å². The monoisotopic (exact) mass is 346 g/mol. The van der Waals surface area contributed by atoms with Crippen molar-refractivity contribution in [2.24, 2.45) is 0 Å². The molecule has 3 aromatic carbocycles. The minimum absolute atomic E-state index is 0.224. The summed E-state index contributed by atoms with van der Waals surface area (Å²) in [5, 5.41) is 7.29. The fourth-order valence-electron chi connectivity index (χ4n) is 3.03. The van der Waals surface area contributed by atoms with Gasteiger partial charge in [-0.1, -0.05) is 72.8 Å². The van der Waals surface area contributed by atoms with Crippen LogP contribution in [0.3, 0.4) is 0 Å². The molecule has 3 aromatic rings. The Balaban J connectivity index is 1.79. The van der Waals surface area contributed by atoms with Crippen LogP contribution in [0, 0.1) is 0 Å². The molecule has 1 atom stereocenters. The van der Waals surface area contributed by atoms with Crippen LogP contribution in [0.1, 0.15) is 18.1 Å². The summed E-state index contributed by atoms with van der Waals surface area (Å²) >= 11 is 0. The van der Waals surface area contributed by atoms with E-state index in [9.17, 15) is 0 Å². The molecule has 0 spiro atoms. The smallest absolute Gasteiger partial charge is 0.141 e. The number of hydrogen-bond acceptors (Lipinski definition) is 3. The fraction of sp³-hybridized carbons (Fsp3) is 0.217. The van der Waals surface area contributed by atoms with E-state index in [2.05, 4.69) is 72.2 Å². The molecule has 3 rings (SSSR count). The zero-order valence-corrected chi connectivity index (χ0v) is 15.4. The molecule has 0 saturated carbocycles. The number of methoxy groups -OCH3 is 1. The van der Waals surface area contributed by atoms with Crippen molar-refractivity contribution in [2.45, 2.75) is 19.0 Å². The van der Waals surface area contributed by atoms with E-state index in [1.54, 1.807) is 7.11 Å². The van der Waals surface area contributed by atoms with Crippen LogP contribution in [0.4, 0.5) is 5.69 Å². The molecular weight excluding hydrogens is 320 g/mol. The van der Waals surface area contributed by atoms with Gasteiger partial charge >= 0.3 is 0 Å². The summed E-state index contributed by atoms with van der Waals surface area (Å²) in [4.78, 5) is 0. The first-order valence-electron chi connectivity index (χ1n) is 8.93. The summed E-state index contributed by atoms with van der Waals surface area (Å²) < 4.78 is 5.46. The summed E-state index contributed by atoms with van der Waals surface area (Å²) in [5.41, 5.74) is 3.29. The van der Waals surface area contributed by atoms with E-state index in [-0.39, 0.29) is 5.54 Å². The van der Waals surface area contributed by atoms with Gasteiger partial charge < -0.3 is 15.4 Å². The average molecular weight is 346 g/mol. The first-order chi connectivity index (χ1) is 12.7. The van der Waals surface area contributed by atoms with Crippen molar-refractivity contribution in [2.75, 3.05) is 19.0 Å². The second-order valence-electron chi connectivity index (χ2n) is 6.59. The second-order valence-corrected chi connectivity index (χ2v) is 6.59. The lowest BCUT2D eigenvalue weighted by molar-refractivity contribution is 0.381. The third-order valence-electron chi connectivity index (χ3n) is 4.68. The van der Waals surface area contributed by atoms with Crippen molar-refractivity contribution in [3.63, 3.8) is 0 Å². The van der Waals surface area contributed by atoms with Gasteiger partial charge in [-0.2, -0.15) is 0 Å². The lowest BCUT2D eigenvalue weighted by Gasteiger charge is -2.33. The fourth-order valence-corrected chi connectivity index (χ4v) is 3.03. The lowest BCUT2D eigenvalue weighted by Crippen LogP contribution is -2.45. The van der Waals surface area contributed by atoms with Gasteiger partial charge in [0.05, 0.1) is 18.3 Å². The maximum absolute atomic E-state index is 5.46. The van der Waals surface area contributed by atoms with Crippen LogP contribution < -0.4 is 15.4 Å². The maximum Gasteiger partial charge on any atom is 0.141 e. The standard InChI is InChI=1S/C23H26N2O/c1-23(20-13-7-4-8-14-20,25-17-19-11-5-3-6-12-19)18-24-21-15-9-10-16-22(21)26-2/h3-16,24-25H,17-18H2,1-2H3. The third kappa shape index (κ3) is 4.44. The molecule has 0 amide bonds. The van der Waals surface area contributed by atoms with Crippen LogP contribution in [0.25, 0.3) is 0 Å². The first-order valence-corrected chi connectivity index (χ1v) is 8.93. The number of hydrogen-bond donors (Lipinski definition) is 2. The van der Waals surface area contributed by atoms with E-state index >= 15 is 0 Å². The number of rotatable bonds is 8. The van der Waals surface area contributed by atoms with E-state index in [0.717, 1.165) is 24.5 Å². The van der Waals surface area contributed by atoms with Crippen LogP contribution in [0.2, 0.25) is 0 Å². The van der Waals surface area contributed by atoms with Gasteiger partial charge in [0, 0.05) is 13.1 Å². The lowest BCUT2D eigenvalue weighted by atomic mass is 9.91. The Morgan fingerprint density at radius 2 is 1.42 bits per heavy atom. The summed E-state index contributed by atoms with van der Waals surface area (Å²) in [7, 11) is 1.70. The zero-order valence-electron chi connectivity index (χ0n) is 15.4. The highest BCUT2D eigenvalue weighted by atomic mass is 16.5. The number of nitrogens with one attached hydrogen (secondary N) is 2. The predicted molar refractivity (Wildman–Crippen MR) is 109 cm³/mol. The van der Waals surface area contributed by atoms with Crippen molar-refractivity contribution in [3.05, 3.63) is 96.1 Å². The van der Waals surface area contributed by atoms with Crippen LogP contribution in [-0.4, -0.2) is 13.7 Å². The van der Waals surface area contributed by atoms with E-state index in [1.807, 2.05) is 30.3 Å². The molecule has 26 heavy (non-hydrogen) atoms. The number of ether oxygens (including phenoxy) is 1. The van der Waals surface area contributed by atoms with Crippen molar-refractivity contribution >= 4 is 5.69 Å². The molecule has 0 aliphatic heterocycles. The molecule has 0 heterocycles. The Bertz CT molecular complexity index is 805. The number of benzene rings is 3. The summed E-state index contributed by atoms with van der Waals surface area (Å²) in [5.74, 6) is 0.853. The Kier molecular flexibility index (Phi) is 5.92. The maximum atomic E-state index is 5.46. The molecule has 2 N–H and O–H groups in total. The van der Waals surface area contributed by atoms with Crippen molar-refractivity contribution in [1.82, 2.24) is 5.32 Å². The Morgan fingerprint density at radius 1 is 0.808 bits per heavy atom. The summed E-state index contributed by atoms with van der Waals surface area (Å²) in [6, 6.07) is 29.0. The van der Waals surface area contributed by atoms with Gasteiger partial charge in [-0.05, 0) is 30.2 Å². The van der Waals surface area contributed by atoms with Gasteiger partial charge in [-0.25, -0.2) is 0 Å². The molecule has 0 aliphatic carbocycles. The Hall–Kier alpha value is -2.78. The molecule has 0 bridgehead atoms. The van der Waals surface area contributed by atoms with Gasteiger partial charge in [-0.3, -0.25) is 0 Å². The molecule has 3 nitrogen and oxygen atoms in total. The Morgan fingerprint density at radius 3 is 2.12 bits per heavy atom. The molecule has 0 fully saturated rings. The molecule has 0 saturated heterocycles. The van der Waals surface area contributed by atoms with Crippen molar-refractivity contribution < 1.29 is 4.74 Å². The van der Waals surface area contributed by atoms with Gasteiger partial charge in [-0.15, -0.1) is 0 Å². The van der Waals surface area contributed by atoms with Crippen LogP contribution in [0.5, 0.6) is 5.75 Å². The predicted octanol–water partition coefficient (Wildman–Crippen LogP) is 4.81. The average Bonchev–Trinajstić information content (AvgIpc) is 2.72. The van der Waals surface area contributed by atoms with Gasteiger partial charge in [0.2, 0.25) is 0 Å². The molecule has 0 radical (unpaired) electrons. The van der Waals surface area contributed by atoms with Gasteiger partial charge in [0.1, 0.15) is 5.75 Å². The molecule has 0 aromatic heterocycles. The largest absolute Gasteiger partial charge is 0.495 e. The molecule has 1 unspecified atom stereocenters. The van der Waals surface area contributed by atoms with E-state index < -0.39 is 0 Å². The molecule has 134 valence electrons. The van der Waals surface area contributed by atoms with E-state index in [0.29, 0.717) is 0 Å². The number of anilines is 1.